The summed E-state index contributed by atoms with van der Waals surface area (Å²) in [5.41, 5.74) is -0.783. The van der Waals surface area contributed by atoms with E-state index >= 15 is 0 Å². The molecule has 1 saturated heterocycles. The zero-order valence-corrected chi connectivity index (χ0v) is 21.8. The van der Waals surface area contributed by atoms with Crippen LogP contribution in [0.1, 0.15) is 33.6 Å². The predicted octanol–water partition coefficient (Wildman–Crippen LogP) is 2.77. The van der Waals surface area contributed by atoms with Crippen LogP contribution >= 0.6 is 15.9 Å². The van der Waals surface area contributed by atoms with Gasteiger partial charge in [-0.2, -0.15) is 8.42 Å². The van der Waals surface area contributed by atoms with Crippen molar-refractivity contribution in [2.75, 3.05) is 13.7 Å². The fourth-order valence-electron chi connectivity index (χ4n) is 3.34. The number of rotatable bonds is 8. The summed E-state index contributed by atoms with van der Waals surface area (Å²) in [7, 11) is -2.99. The van der Waals surface area contributed by atoms with Crippen molar-refractivity contribution in [2.24, 2.45) is 0 Å². The van der Waals surface area contributed by atoms with Gasteiger partial charge in [-0.1, -0.05) is 22.0 Å². The molecule has 1 N–H and O–H groups in total. The average Bonchev–Trinajstić information content (AvgIpc) is 3.14. The normalized spacial score (nSPS) is 19.3. The number of nitrogens with one attached hydrogen (secondary N) is 1. The van der Waals surface area contributed by atoms with Crippen LogP contribution in [0.2, 0.25) is 0 Å². The second-order valence-electron chi connectivity index (χ2n) is 8.61. The molecular weight excluding hydrogens is 532 g/mol. The van der Waals surface area contributed by atoms with Gasteiger partial charge in [-0.15, -0.1) is 6.58 Å². The number of halogens is 1. The zero-order chi connectivity index (χ0) is 25.7. The van der Waals surface area contributed by atoms with E-state index in [9.17, 15) is 22.8 Å². The molecular formula is C22H29BrN2O8S. The molecule has 0 aromatic heterocycles. The van der Waals surface area contributed by atoms with E-state index in [2.05, 4.69) is 27.8 Å². The third-order valence-corrected chi connectivity index (χ3v) is 6.68. The van der Waals surface area contributed by atoms with Crippen LogP contribution in [0.25, 0.3) is 0 Å². The summed E-state index contributed by atoms with van der Waals surface area (Å²) in [6.07, 6.45) is -0.401. The topological polar surface area (TPSA) is 128 Å². The van der Waals surface area contributed by atoms with Gasteiger partial charge in [-0.05, 0) is 51.5 Å². The number of likely N-dealkylation sites (tertiary alicyclic amines) is 1. The minimum Gasteiger partial charge on any atom is -0.467 e. The van der Waals surface area contributed by atoms with E-state index in [1.54, 1.807) is 32.9 Å². The highest BCUT2D eigenvalue weighted by atomic mass is 79.9. The van der Waals surface area contributed by atoms with Crippen LogP contribution in [0.4, 0.5) is 4.79 Å². The van der Waals surface area contributed by atoms with Gasteiger partial charge in [0.1, 0.15) is 17.7 Å². The first kappa shape index (κ1) is 27.8. The standard InChI is InChI=1S/C22H29BrN2O8S/c1-6-7-17(24-21(28)32-22(2,3)4)19(26)25-13-15(12-18(25)20(27)31-5)33-34(29,30)16-10-8-14(23)9-11-16/h6,8-11,15,17-18H,1,7,12-13H2,2-5H3,(H,24,28)/t15-,17-,18-/m0/s1. The van der Waals surface area contributed by atoms with E-state index in [1.807, 2.05) is 0 Å². The minimum atomic E-state index is -4.15. The number of carbonyl (C=O) groups excluding carboxylic acids is 3. The summed E-state index contributed by atoms with van der Waals surface area (Å²) in [4.78, 5) is 39.0. The Balaban J connectivity index is 2.22. The lowest BCUT2D eigenvalue weighted by Crippen LogP contribution is -2.52. The van der Waals surface area contributed by atoms with Crippen molar-refractivity contribution < 1.29 is 36.5 Å². The number of hydrogen-bond acceptors (Lipinski definition) is 8. The lowest BCUT2D eigenvalue weighted by molar-refractivity contribution is -0.151. The summed E-state index contributed by atoms with van der Waals surface area (Å²) in [5.74, 6) is -1.34. The Hall–Kier alpha value is -2.44. The number of nitrogens with zero attached hydrogens (tertiary/aromatic N) is 1. The van der Waals surface area contributed by atoms with Gasteiger partial charge in [-0.25, -0.2) is 9.59 Å². The summed E-state index contributed by atoms with van der Waals surface area (Å²) in [6.45, 7) is 8.44. The molecule has 10 nitrogen and oxygen atoms in total. The van der Waals surface area contributed by atoms with Crippen molar-refractivity contribution >= 4 is 44.0 Å². The Kier molecular flexibility index (Phi) is 9.26. The van der Waals surface area contributed by atoms with Gasteiger partial charge in [0.25, 0.3) is 10.1 Å². The monoisotopic (exact) mass is 560 g/mol. The van der Waals surface area contributed by atoms with Crippen molar-refractivity contribution in [2.45, 2.75) is 62.3 Å². The Labute approximate surface area is 207 Å². The molecule has 12 heteroatoms. The number of alkyl carbamates (subject to hydrolysis) is 1. The molecule has 1 aromatic rings. The number of hydrogen-bond donors (Lipinski definition) is 1. The summed E-state index contributed by atoms with van der Waals surface area (Å²) < 4.78 is 41.4. The second-order valence-corrected chi connectivity index (χ2v) is 11.1. The lowest BCUT2D eigenvalue weighted by atomic mass is 10.1. The highest BCUT2D eigenvalue weighted by Crippen LogP contribution is 2.27. The molecule has 0 aliphatic carbocycles. The van der Waals surface area contributed by atoms with Crippen molar-refractivity contribution in [3.05, 3.63) is 41.4 Å². The molecule has 1 fully saturated rings. The van der Waals surface area contributed by atoms with Crippen LogP contribution in [0.5, 0.6) is 0 Å². The van der Waals surface area contributed by atoms with Gasteiger partial charge in [-0.3, -0.25) is 8.98 Å². The Morgan fingerprint density at radius 2 is 1.88 bits per heavy atom. The van der Waals surface area contributed by atoms with Crippen molar-refractivity contribution in [1.82, 2.24) is 10.2 Å². The third-order valence-electron chi connectivity index (χ3n) is 4.78. The van der Waals surface area contributed by atoms with Crippen LogP contribution in [0.3, 0.4) is 0 Å². The first-order valence-corrected chi connectivity index (χ1v) is 12.6. The molecule has 0 saturated carbocycles. The fourth-order valence-corrected chi connectivity index (χ4v) is 4.69. The van der Waals surface area contributed by atoms with E-state index < -0.39 is 51.9 Å². The van der Waals surface area contributed by atoms with Gasteiger partial charge < -0.3 is 19.7 Å². The number of methoxy groups -OCH3 is 1. The van der Waals surface area contributed by atoms with Gasteiger partial charge in [0.2, 0.25) is 5.91 Å². The van der Waals surface area contributed by atoms with Gasteiger partial charge in [0.15, 0.2) is 0 Å². The molecule has 1 aliphatic rings. The summed E-state index contributed by atoms with van der Waals surface area (Å²) in [5, 5.41) is 2.48. The number of carbonyl (C=O) groups is 3. The molecule has 0 spiro atoms. The molecule has 1 aliphatic heterocycles. The molecule has 0 radical (unpaired) electrons. The lowest BCUT2D eigenvalue weighted by Gasteiger charge is -2.28. The van der Waals surface area contributed by atoms with E-state index in [0.717, 1.165) is 12.0 Å². The first-order chi connectivity index (χ1) is 15.8. The van der Waals surface area contributed by atoms with Gasteiger partial charge in [0.05, 0.1) is 18.1 Å². The number of esters is 1. The van der Waals surface area contributed by atoms with E-state index in [0.29, 0.717) is 4.47 Å². The van der Waals surface area contributed by atoms with Crippen LogP contribution in [0, 0.1) is 0 Å². The highest BCUT2D eigenvalue weighted by molar-refractivity contribution is 9.10. The zero-order valence-electron chi connectivity index (χ0n) is 19.4. The third kappa shape index (κ3) is 7.54. The summed E-state index contributed by atoms with van der Waals surface area (Å²) >= 11 is 3.24. The van der Waals surface area contributed by atoms with Crippen molar-refractivity contribution in [1.29, 1.82) is 0 Å². The van der Waals surface area contributed by atoms with Gasteiger partial charge >= 0.3 is 12.1 Å². The van der Waals surface area contributed by atoms with E-state index in [4.69, 9.17) is 13.7 Å². The van der Waals surface area contributed by atoms with Crippen LogP contribution in [0.15, 0.2) is 46.3 Å². The maximum atomic E-state index is 13.3. The molecule has 3 atom stereocenters. The van der Waals surface area contributed by atoms with E-state index in [1.165, 1.54) is 18.2 Å². The van der Waals surface area contributed by atoms with Crippen LogP contribution < -0.4 is 5.32 Å². The van der Waals surface area contributed by atoms with Crippen molar-refractivity contribution in [3.8, 4) is 0 Å². The van der Waals surface area contributed by atoms with Crippen molar-refractivity contribution in [3.63, 3.8) is 0 Å². The molecule has 0 bridgehead atoms. The second kappa shape index (κ2) is 11.3. The Morgan fingerprint density at radius 1 is 1.26 bits per heavy atom. The average molecular weight is 561 g/mol. The Morgan fingerprint density at radius 3 is 2.41 bits per heavy atom. The molecule has 2 amide bonds. The van der Waals surface area contributed by atoms with Gasteiger partial charge in [0, 0.05) is 17.4 Å². The number of ether oxygens (including phenoxy) is 2. The largest absolute Gasteiger partial charge is 0.467 e. The molecule has 1 aromatic carbocycles. The minimum absolute atomic E-state index is 0.0607. The summed E-state index contributed by atoms with van der Waals surface area (Å²) in [6, 6.07) is 3.69. The highest BCUT2D eigenvalue weighted by Gasteiger charge is 2.44. The molecule has 188 valence electrons. The van der Waals surface area contributed by atoms with E-state index in [-0.39, 0.29) is 24.3 Å². The van der Waals surface area contributed by atoms with Crippen LogP contribution in [-0.2, 0) is 33.4 Å². The predicted molar refractivity (Wildman–Crippen MR) is 126 cm³/mol. The quantitative estimate of drug-likeness (QED) is 0.292. The first-order valence-electron chi connectivity index (χ1n) is 10.4. The molecule has 0 unspecified atom stereocenters. The van der Waals surface area contributed by atoms with Crippen LogP contribution in [-0.4, -0.2) is 68.7 Å². The fraction of sp³-hybridized carbons (Fsp3) is 0.500. The number of amides is 2. The molecule has 1 heterocycles. The maximum absolute atomic E-state index is 13.3. The molecule has 2 rings (SSSR count). The number of benzene rings is 1. The molecule has 34 heavy (non-hydrogen) atoms. The Bertz CT molecular complexity index is 1020. The maximum Gasteiger partial charge on any atom is 0.408 e. The smallest absolute Gasteiger partial charge is 0.408 e. The SMILES string of the molecule is C=CC[C@H](NC(=O)OC(C)(C)C)C(=O)N1C[C@@H](OS(=O)(=O)c2ccc(Br)cc2)C[C@H]1C(=O)OC.